The van der Waals surface area contributed by atoms with Crippen molar-refractivity contribution >= 4 is 11.5 Å². The number of aryl methyl sites for hydroxylation is 1. The van der Waals surface area contributed by atoms with Crippen LogP contribution in [-0.2, 0) is 13.0 Å². The standard InChI is InChI=1S/C18H23N3/c1-3-9-19-12-15-11-14(2)18(20-13-15)21-10-8-16-6-4-5-7-17(16)21/h4-7,11,13,19H,3,8-10,12H2,1-2H3. The van der Waals surface area contributed by atoms with Crippen molar-refractivity contribution in [3.8, 4) is 0 Å². The molecule has 0 amide bonds. The lowest BCUT2D eigenvalue weighted by Gasteiger charge is -2.21. The van der Waals surface area contributed by atoms with Gasteiger partial charge in [0, 0.05) is 25.0 Å². The van der Waals surface area contributed by atoms with E-state index in [1.807, 2.05) is 6.20 Å². The molecule has 1 N–H and O–H groups in total. The first-order valence-corrected chi connectivity index (χ1v) is 7.81. The van der Waals surface area contributed by atoms with Crippen molar-refractivity contribution < 1.29 is 0 Å². The summed E-state index contributed by atoms with van der Waals surface area (Å²) in [5, 5.41) is 3.43. The van der Waals surface area contributed by atoms with Crippen molar-refractivity contribution in [2.24, 2.45) is 0 Å². The van der Waals surface area contributed by atoms with Crippen LogP contribution in [0, 0.1) is 6.92 Å². The topological polar surface area (TPSA) is 28.2 Å². The van der Waals surface area contributed by atoms with Gasteiger partial charge in [-0.15, -0.1) is 0 Å². The molecule has 1 aliphatic rings. The van der Waals surface area contributed by atoms with Crippen LogP contribution in [0.3, 0.4) is 0 Å². The predicted octanol–water partition coefficient (Wildman–Crippen LogP) is 3.58. The molecule has 0 spiro atoms. The highest BCUT2D eigenvalue weighted by Gasteiger charge is 2.21. The van der Waals surface area contributed by atoms with Crippen LogP contribution < -0.4 is 10.2 Å². The second-order valence-corrected chi connectivity index (χ2v) is 5.69. The minimum Gasteiger partial charge on any atom is -0.326 e. The lowest BCUT2D eigenvalue weighted by Crippen LogP contribution is -2.18. The van der Waals surface area contributed by atoms with E-state index in [2.05, 4.69) is 54.4 Å². The van der Waals surface area contributed by atoms with Gasteiger partial charge in [0.25, 0.3) is 0 Å². The number of aromatic nitrogens is 1. The molecule has 1 aromatic heterocycles. The van der Waals surface area contributed by atoms with Crippen molar-refractivity contribution in [1.82, 2.24) is 10.3 Å². The molecular formula is C18H23N3. The lowest BCUT2D eigenvalue weighted by molar-refractivity contribution is 0.673. The highest BCUT2D eigenvalue weighted by molar-refractivity contribution is 5.69. The minimum atomic E-state index is 0.901. The van der Waals surface area contributed by atoms with E-state index in [0.717, 1.165) is 38.3 Å². The predicted molar refractivity (Wildman–Crippen MR) is 88.1 cm³/mol. The molecule has 0 fully saturated rings. The molecule has 0 unspecified atom stereocenters. The SMILES string of the molecule is CCCNCc1cnc(N2CCc3ccccc32)c(C)c1. The van der Waals surface area contributed by atoms with Crippen LogP contribution in [-0.4, -0.2) is 18.1 Å². The number of nitrogens with one attached hydrogen (secondary N) is 1. The molecule has 0 aliphatic carbocycles. The summed E-state index contributed by atoms with van der Waals surface area (Å²) in [5.41, 5.74) is 5.25. The molecule has 3 heteroatoms. The third-order valence-corrected chi connectivity index (χ3v) is 4.01. The van der Waals surface area contributed by atoms with Gasteiger partial charge in [-0.25, -0.2) is 4.98 Å². The van der Waals surface area contributed by atoms with Gasteiger partial charge in [0.1, 0.15) is 5.82 Å². The van der Waals surface area contributed by atoms with Crippen molar-refractivity contribution in [1.29, 1.82) is 0 Å². The summed E-state index contributed by atoms with van der Waals surface area (Å²) in [6, 6.07) is 10.9. The Balaban J connectivity index is 1.81. The van der Waals surface area contributed by atoms with E-state index in [0.29, 0.717) is 0 Å². The maximum absolute atomic E-state index is 4.72. The zero-order valence-electron chi connectivity index (χ0n) is 12.9. The van der Waals surface area contributed by atoms with E-state index in [9.17, 15) is 0 Å². The molecule has 1 aliphatic heterocycles. The Kier molecular flexibility index (Phi) is 4.20. The molecule has 3 rings (SSSR count). The van der Waals surface area contributed by atoms with E-state index < -0.39 is 0 Å². The number of benzene rings is 1. The number of pyridine rings is 1. The normalized spacial score (nSPS) is 13.5. The molecule has 2 aromatic rings. The van der Waals surface area contributed by atoms with Gasteiger partial charge in [-0.3, -0.25) is 0 Å². The maximum atomic E-state index is 4.72. The van der Waals surface area contributed by atoms with Gasteiger partial charge in [0.15, 0.2) is 0 Å². The van der Waals surface area contributed by atoms with Crippen LogP contribution in [0.5, 0.6) is 0 Å². The van der Waals surface area contributed by atoms with Crippen LogP contribution in [0.15, 0.2) is 36.5 Å². The fourth-order valence-electron chi connectivity index (χ4n) is 2.97. The fraction of sp³-hybridized carbons (Fsp3) is 0.389. The minimum absolute atomic E-state index is 0.901. The Labute approximate surface area is 127 Å². The van der Waals surface area contributed by atoms with E-state index in [1.54, 1.807) is 0 Å². The van der Waals surface area contributed by atoms with Gasteiger partial charge in [-0.1, -0.05) is 25.1 Å². The third kappa shape index (κ3) is 2.93. The number of rotatable bonds is 5. The summed E-state index contributed by atoms with van der Waals surface area (Å²) >= 11 is 0. The Morgan fingerprint density at radius 2 is 2.14 bits per heavy atom. The highest BCUT2D eigenvalue weighted by atomic mass is 15.2. The number of para-hydroxylation sites is 1. The first kappa shape index (κ1) is 14.1. The molecule has 0 bridgehead atoms. The summed E-state index contributed by atoms with van der Waals surface area (Å²) < 4.78 is 0. The summed E-state index contributed by atoms with van der Waals surface area (Å²) in [5.74, 6) is 1.10. The molecule has 0 saturated heterocycles. The maximum Gasteiger partial charge on any atom is 0.135 e. The van der Waals surface area contributed by atoms with Gasteiger partial charge in [-0.2, -0.15) is 0 Å². The number of anilines is 2. The van der Waals surface area contributed by atoms with Gasteiger partial charge in [-0.05, 0) is 55.1 Å². The second-order valence-electron chi connectivity index (χ2n) is 5.69. The Hall–Kier alpha value is -1.87. The molecule has 3 nitrogen and oxygen atoms in total. The average Bonchev–Trinajstić information content (AvgIpc) is 2.92. The third-order valence-electron chi connectivity index (χ3n) is 4.01. The summed E-state index contributed by atoms with van der Waals surface area (Å²) in [7, 11) is 0. The van der Waals surface area contributed by atoms with Gasteiger partial charge >= 0.3 is 0 Å². The zero-order chi connectivity index (χ0) is 14.7. The van der Waals surface area contributed by atoms with E-state index in [1.165, 1.54) is 22.4 Å². The Bertz CT molecular complexity index is 622. The number of hydrogen-bond acceptors (Lipinski definition) is 3. The number of nitrogens with zero attached hydrogens (tertiary/aromatic N) is 2. The molecule has 0 saturated carbocycles. The molecule has 1 aromatic carbocycles. The van der Waals surface area contributed by atoms with E-state index in [4.69, 9.17) is 4.98 Å². The van der Waals surface area contributed by atoms with E-state index in [-0.39, 0.29) is 0 Å². The first-order chi connectivity index (χ1) is 10.3. The molecule has 21 heavy (non-hydrogen) atoms. The highest BCUT2D eigenvalue weighted by Crippen LogP contribution is 2.34. The van der Waals surface area contributed by atoms with Gasteiger partial charge in [0.2, 0.25) is 0 Å². The Morgan fingerprint density at radius 3 is 2.95 bits per heavy atom. The number of hydrogen-bond donors (Lipinski definition) is 1. The second kappa shape index (κ2) is 6.27. The van der Waals surface area contributed by atoms with E-state index >= 15 is 0 Å². The summed E-state index contributed by atoms with van der Waals surface area (Å²) in [6.07, 6.45) is 4.28. The van der Waals surface area contributed by atoms with Crippen molar-refractivity contribution in [2.45, 2.75) is 33.2 Å². The van der Waals surface area contributed by atoms with Crippen molar-refractivity contribution in [3.05, 3.63) is 53.2 Å². The summed E-state index contributed by atoms with van der Waals surface area (Å²) in [6.45, 7) is 7.33. The van der Waals surface area contributed by atoms with Gasteiger partial charge < -0.3 is 10.2 Å². The number of fused-ring (bicyclic) bond motifs is 1. The fourth-order valence-corrected chi connectivity index (χ4v) is 2.97. The lowest BCUT2D eigenvalue weighted by atomic mass is 10.1. The smallest absolute Gasteiger partial charge is 0.135 e. The molecule has 2 heterocycles. The molecule has 0 radical (unpaired) electrons. The van der Waals surface area contributed by atoms with Crippen LogP contribution in [0.25, 0.3) is 0 Å². The summed E-state index contributed by atoms with van der Waals surface area (Å²) in [4.78, 5) is 7.06. The van der Waals surface area contributed by atoms with Crippen LogP contribution >= 0.6 is 0 Å². The first-order valence-electron chi connectivity index (χ1n) is 7.81. The van der Waals surface area contributed by atoms with Crippen LogP contribution in [0.2, 0.25) is 0 Å². The molecule has 110 valence electrons. The zero-order valence-corrected chi connectivity index (χ0v) is 12.9. The van der Waals surface area contributed by atoms with Crippen LogP contribution in [0.4, 0.5) is 11.5 Å². The van der Waals surface area contributed by atoms with Crippen molar-refractivity contribution in [2.75, 3.05) is 18.0 Å². The van der Waals surface area contributed by atoms with Crippen molar-refractivity contribution in [3.63, 3.8) is 0 Å². The van der Waals surface area contributed by atoms with Crippen LogP contribution in [0.1, 0.15) is 30.0 Å². The largest absolute Gasteiger partial charge is 0.326 e. The monoisotopic (exact) mass is 281 g/mol. The Morgan fingerprint density at radius 1 is 1.29 bits per heavy atom. The molecule has 0 atom stereocenters. The van der Waals surface area contributed by atoms with Gasteiger partial charge in [0.05, 0.1) is 0 Å². The average molecular weight is 281 g/mol. The molecular weight excluding hydrogens is 258 g/mol. The quantitative estimate of drug-likeness (QED) is 0.849.